The van der Waals surface area contributed by atoms with Gasteiger partial charge in [0.1, 0.15) is 0 Å². The van der Waals surface area contributed by atoms with Crippen LogP contribution < -0.4 is 10.6 Å². The molecule has 2 atom stereocenters. The Morgan fingerprint density at radius 1 is 1.20 bits per heavy atom. The van der Waals surface area contributed by atoms with E-state index in [-0.39, 0.29) is 24.0 Å². The monoisotopic (exact) mass is 286 g/mol. The second-order valence-electron chi connectivity index (χ2n) is 6.91. The third-order valence-electron chi connectivity index (χ3n) is 3.28. The molecule has 118 valence electrons. The van der Waals surface area contributed by atoms with Crippen molar-refractivity contribution in [3.63, 3.8) is 0 Å². The third kappa shape index (κ3) is 8.02. The van der Waals surface area contributed by atoms with Crippen LogP contribution in [0.1, 0.15) is 54.4 Å². The van der Waals surface area contributed by atoms with E-state index in [1.165, 1.54) is 0 Å². The number of rotatable bonds is 7. The highest BCUT2D eigenvalue weighted by molar-refractivity contribution is 5.76. The van der Waals surface area contributed by atoms with Crippen LogP contribution in [0.2, 0.25) is 0 Å². The standard InChI is InChI=1S/C15H30N2O3/c1-7-12(10(2)3)17-14(20)16-9-11(13(18)19)8-15(4,5)6/h10-12H,7-9H2,1-6H3,(H,18,19)(H2,16,17,20). The topological polar surface area (TPSA) is 78.4 Å². The van der Waals surface area contributed by atoms with E-state index in [1.54, 1.807) is 0 Å². The molecule has 5 nitrogen and oxygen atoms in total. The van der Waals surface area contributed by atoms with Crippen molar-refractivity contribution in [2.45, 2.75) is 60.4 Å². The van der Waals surface area contributed by atoms with Gasteiger partial charge < -0.3 is 15.7 Å². The number of carboxylic acid groups (broad SMARTS) is 1. The molecule has 2 unspecified atom stereocenters. The van der Waals surface area contributed by atoms with Crippen molar-refractivity contribution in [3.8, 4) is 0 Å². The van der Waals surface area contributed by atoms with E-state index in [0.717, 1.165) is 6.42 Å². The van der Waals surface area contributed by atoms with Crippen LogP contribution in [0, 0.1) is 17.3 Å². The molecule has 0 aliphatic rings. The van der Waals surface area contributed by atoms with Gasteiger partial charge in [0.25, 0.3) is 0 Å². The fourth-order valence-corrected chi connectivity index (χ4v) is 2.16. The number of hydrogen-bond acceptors (Lipinski definition) is 2. The highest BCUT2D eigenvalue weighted by atomic mass is 16.4. The molecule has 0 heterocycles. The Bertz CT molecular complexity index is 322. The van der Waals surface area contributed by atoms with Crippen molar-refractivity contribution in [1.82, 2.24) is 10.6 Å². The van der Waals surface area contributed by atoms with E-state index in [9.17, 15) is 14.7 Å². The average molecular weight is 286 g/mol. The van der Waals surface area contributed by atoms with Crippen molar-refractivity contribution in [3.05, 3.63) is 0 Å². The molecular weight excluding hydrogens is 256 g/mol. The predicted octanol–water partition coefficient (Wildman–Crippen LogP) is 2.86. The summed E-state index contributed by atoms with van der Waals surface area (Å²) in [6, 6.07) is -0.174. The van der Waals surface area contributed by atoms with Gasteiger partial charge in [-0.3, -0.25) is 4.79 Å². The van der Waals surface area contributed by atoms with Gasteiger partial charge in [-0.15, -0.1) is 0 Å². The summed E-state index contributed by atoms with van der Waals surface area (Å²) in [5.74, 6) is -1.06. The minimum atomic E-state index is -0.865. The lowest BCUT2D eigenvalue weighted by atomic mass is 9.84. The first kappa shape index (κ1) is 18.7. The number of hydrogen-bond donors (Lipinski definition) is 3. The predicted molar refractivity (Wildman–Crippen MR) is 80.6 cm³/mol. The zero-order valence-electron chi connectivity index (χ0n) is 13.6. The van der Waals surface area contributed by atoms with E-state index in [4.69, 9.17) is 0 Å². The molecule has 0 aromatic carbocycles. The first-order valence-corrected chi connectivity index (χ1v) is 7.34. The van der Waals surface area contributed by atoms with Gasteiger partial charge in [0.05, 0.1) is 5.92 Å². The molecule has 5 heteroatoms. The molecule has 0 rings (SSSR count). The van der Waals surface area contributed by atoms with Crippen LogP contribution in [0.3, 0.4) is 0 Å². The quantitative estimate of drug-likeness (QED) is 0.673. The van der Waals surface area contributed by atoms with E-state index >= 15 is 0 Å². The largest absolute Gasteiger partial charge is 0.481 e. The fraction of sp³-hybridized carbons (Fsp3) is 0.867. The van der Waals surface area contributed by atoms with Crippen LogP contribution in [0.25, 0.3) is 0 Å². The van der Waals surface area contributed by atoms with Crippen molar-refractivity contribution < 1.29 is 14.7 Å². The molecule has 2 amide bonds. The normalized spacial score (nSPS) is 14.8. The van der Waals surface area contributed by atoms with Crippen molar-refractivity contribution in [2.75, 3.05) is 6.54 Å². The smallest absolute Gasteiger partial charge is 0.315 e. The molecule has 0 saturated carbocycles. The van der Waals surface area contributed by atoms with Crippen LogP contribution in [0.4, 0.5) is 4.79 Å². The van der Waals surface area contributed by atoms with Crippen LogP contribution in [-0.4, -0.2) is 29.7 Å². The SMILES string of the molecule is CCC(NC(=O)NCC(CC(C)(C)C)C(=O)O)C(C)C. The maximum Gasteiger partial charge on any atom is 0.315 e. The first-order valence-electron chi connectivity index (χ1n) is 7.34. The van der Waals surface area contributed by atoms with Crippen LogP contribution in [0.5, 0.6) is 0 Å². The lowest BCUT2D eigenvalue weighted by molar-refractivity contribution is -0.142. The summed E-state index contributed by atoms with van der Waals surface area (Å²) in [6.07, 6.45) is 1.39. The number of nitrogens with one attached hydrogen (secondary N) is 2. The third-order valence-corrected chi connectivity index (χ3v) is 3.28. The van der Waals surface area contributed by atoms with Gasteiger partial charge in [0, 0.05) is 12.6 Å². The number of aliphatic carboxylic acids is 1. The molecular formula is C15H30N2O3. The van der Waals surface area contributed by atoms with E-state index in [1.807, 2.05) is 41.5 Å². The van der Waals surface area contributed by atoms with E-state index in [0.29, 0.717) is 12.3 Å². The minimum absolute atomic E-state index is 0.0783. The van der Waals surface area contributed by atoms with Gasteiger partial charge >= 0.3 is 12.0 Å². The molecule has 20 heavy (non-hydrogen) atoms. The Hall–Kier alpha value is -1.26. The van der Waals surface area contributed by atoms with Crippen molar-refractivity contribution >= 4 is 12.0 Å². The van der Waals surface area contributed by atoms with Crippen LogP contribution in [-0.2, 0) is 4.79 Å². The molecule has 0 aliphatic heterocycles. The summed E-state index contributed by atoms with van der Waals surface area (Å²) < 4.78 is 0. The summed E-state index contributed by atoms with van der Waals surface area (Å²) in [5.41, 5.74) is -0.0783. The molecule has 0 fully saturated rings. The van der Waals surface area contributed by atoms with Gasteiger partial charge in [-0.2, -0.15) is 0 Å². The first-order chi connectivity index (χ1) is 9.06. The zero-order valence-corrected chi connectivity index (χ0v) is 13.6. The molecule has 0 aromatic rings. The zero-order chi connectivity index (χ0) is 15.9. The summed E-state index contributed by atoms with van der Waals surface area (Å²) in [4.78, 5) is 23.0. The van der Waals surface area contributed by atoms with Crippen molar-refractivity contribution in [1.29, 1.82) is 0 Å². The summed E-state index contributed by atoms with van der Waals surface area (Å²) >= 11 is 0. The van der Waals surface area contributed by atoms with Crippen LogP contribution in [0.15, 0.2) is 0 Å². The minimum Gasteiger partial charge on any atom is -0.481 e. The number of carbonyl (C=O) groups excluding carboxylic acids is 1. The average Bonchev–Trinajstić information content (AvgIpc) is 2.29. The number of urea groups is 1. The van der Waals surface area contributed by atoms with E-state index in [2.05, 4.69) is 10.6 Å². The summed E-state index contributed by atoms with van der Waals surface area (Å²) in [5, 5.41) is 14.7. The van der Waals surface area contributed by atoms with Gasteiger partial charge in [-0.25, -0.2) is 4.79 Å². The van der Waals surface area contributed by atoms with Gasteiger partial charge in [-0.05, 0) is 24.2 Å². The molecule has 3 N–H and O–H groups in total. The highest BCUT2D eigenvalue weighted by Gasteiger charge is 2.25. The molecule has 0 radical (unpaired) electrons. The number of carboxylic acids is 1. The highest BCUT2D eigenvalue weighted by Crippen LogP contribution is 2.24. The lowest BCUT2D eigenvalue weighted by Gasteiger charge is -2.25. The Morgan fingerprint density at radius 2 is 1.75 bits per heavy atom. The molecule has 0 bridgehead atoms. The molecule has 0 spiro atoms. The Morgan fingerprint density at radius 3 is 2.10 bits per heavy atom. The van der Waals surface area contributed by atoms with Gasteiger partial charge in [-0.1, -0.05) is 41.5 Å². The lowest BCUT2D eigenvalue weighted by Crippen LogP contribution is -2.46. The molecule has 0 aliphatic carbocycles. The fourth-order valence-electron chi connectivity index (χ4n) is 2.16. The number of carbonyl (C=O) groups is 2. The number of amides is 2. The Kier molecular flexibility index (Phi) is 7.61. The summed E-state index contributed by atoms with van der Waals surface area (Å²) in [6.45, 7) is 12.3. The molecule has 0 saturated heterocycles. The summed E-state index contributed by atoms with van der Waals surface area (Å²) in [7, 11) is 0. The van der Waals surface area contributed by atoms with Crippen molar-refractivity contribution in [2.24, 2.45) is 17.3 Å². The Balaban J connectivity index is 4.35. The van der Waals surface area contributed by atoms with E-state index < -0.39 is 11.9 Å². The van der Waals surface area contributed by atoms with Crippen LogP contribution >= 0.6 is 0 Å². The maximum atomic E-state index is 11.8. The second-order valence-corrected chi connectivity index (χ2v) is 6.91. The maximum absolute atomic E-state index is 11.8. The Labute approximate surface area is 122 Å². The van der Waals surface area contributed by atoms with Gasteiger partial charge in [0.2, 0.25) is 0 Å². The second kappa shape index (κ2) is 8.12. The molecule has 0 aromatic heterocycles. The van der Waals surface area contributed by atoms with Gasteiger partial charge in [0.15, 0.2) is 0 Å².